The Kier molecular flexibility index (Phi) is 4.71. The first-order chi connectivity index (χ1) is 11.9. The van der Waals surface area contributed by atoms with E-state index in [1.165, 1.54) is 6.07 Å². The molecule has 8 nitrogen and oxygen atoms in total. The van der Waals surface area contributed by atoms with Crippen LogP contribution < -0.4 is 5.56 Å². The summed E-state index contributed by atoms with van der Waals surface area (Å²) in [5, 5.41) is 8.12. The first-order valence-corrected chi connectivity index (χ1v) is 8.31. The highest BCUT2D eigenvalue weighted by atomic mass is 16.5. The average molecular weight is 345 g/mol. The molecule has 2 aromatic rings. The number of pyridine rings is 1. The molecule has 1 saturated heterocycles. The number of hydrogen-bond acceptors (Lipinski definition) is 5. The molecule has 3 heterocycles. The van der Waals surface area contributed by atoms with Crippen molar-refractivity contribution in [3.05, 3.63) is 45.6 Å². The summed E-state index contributed by atoms with van der Waals surface area (Å²) in [5.41, 5.74) is 1.70. The maximum atomic E-state index is 12.9. The normalized spacial score (nSPS) is 20.4. The minimum atomic E-state index is -0.262. The molecule has 2 atom stereocenters. The van der Waals surface area contributed by atoms with E-state index in [9.17, 15) is 9.59 Å². The zero-order valence-corrected chi connectivity index (χ0v) is 14.9. The number of H-pyrrole nitrogens is 1. The number of carbonyl (C=O) groups excluding carboxylic acids is 1. The predicted octanol–water partition coefficient (Wildman–Crippen LogP) is 0.881. The SMILES string of the molecule is CO[C@@H]1CN(C(=O)c2cc(C(C)C)[nH]c(=O)c2)C[C@H]1c1cn(C)nn1. The summed E-state index contributed by atoms with van der Waals surface area (Å²) in [6.45, 7) is 4.89. The van der Waals surface area contributed by atoms with Gasteiger partial charge in [0.05, 0.1) is 17.7 Å². The van der Waals surface area contributed by atoms with E-state index in [1.807, 2.05) is 20.0 Å². The summed E-state index contributed by atoms with van der Waals surface area (Å²) in [6, 6.07) is 3.11. The van der Waals surface area contributed by atoms with Gasteiger partial charge in [-0.3, -0.25) is 14.3 Å². The maximum Gasteiger partial charge on any atom is 0.254 e. The number of nitrogens with one attached hydrogen (secondary N) is 1. The zero-order valence-electron chi connectivity index (χ0n) is 14.9. The highest BCUT2D eigenvalue weighted by Gasteiger charge is 2.38. The van der Waals surface area contributed by atoms with Gasteiger partial charge in [0.15, 0.2) is 0 Å². The van der Waals surface area contributed by atoms with Crippen LogP contribution in [0.3, 0.4) is 0 Å². The van der Waals surface area contributed by atoms with Crippen molar-refractivity contribution in [3.8, 4) is 0 Å². The molecule has 25 heavy (non-hydrogen) atoms. The van der Waals surface area contributed by atoms with Gasteiger partial charge < -0.3 is 14.6 Å². The number of methoxy groups -OCH3 is 1. The van der Waals surface area contributed by atoms with Gasteiger partial charge in [0.2, 0.25) is 5.56 Å². The van der Waals surface area contributed by atoms with E-state index in [0.717, 1.165) is 11.4 Å². The van der Waals surface area contributed by atoms with Gasteiger partial charge in [-0.25, -0.2) is 0 Å². The lowest BCUT2D eigenvalue weighted by Gasteiger charge is -2.16. The van der Waals surface area contributed by atoms with Gasteiger partial charge in [0.1, 0.15) is 0 Å². The molecule has 0 radical (unpaired) electrons. The van der Waals surface area contributed by atoms with E-state index >= 15 is 0 Å². The van der Waals surface area contributed by atoms with Gasteiger partial charge in [-0.15, -0.1) is 5.10 Å². The van der Waals surface area contributed by atoms with E-state index in [0.29, 0.717) is 18.7 Å². The summed E-state index contributed by atoms with van der Waals surface area (Å²) < 4.78 is 7.19. The van der Waals surface area contributed by atoms with Crippen LogP contribution in [0.15, 0.2) is 23.1 Å². The minimum absolute atomic E-state index is 0.0331. The van der Waals surface area contributed by atoms with Crippen molar-refractivity contribution in [1.82, 2.24) is 24.9 Å². The quantitative estimate of drug-likeness (QED) is 0.888. The van der Waals surface area contributed by atoms with Crippen LogP contribution in [0.5, 0.6) is 0 Å². The smallest absolute Gasteiger partial charge is 0.254 e. The summed E-state index contributed by atoms with van der Waals surface area (Å²) >= 11 is 0. The number of aromatic nitrogens is 4. The maximum absolute atomic E-state index is 12.9. The van der Waals surface area contributed by atoms with Gasteiger partial charge in [0.25, 0.3) is 5.91 Å². The molecule has 1 amide bonds. The van der Waals surface area contributed by atoms with Crippen molar-refractivity contribution in [2.24, 2.45) is 7.05 Å². The van der Waals surface area contributed by atoms with Gasteiger partial charge >= 0.3 is 0 Å². The predicted molar refractivity (Wildman–Crippen MR) is 91.6 cm³/mol. The third-order valence-electron chi connectivity index (χ3n) is 4.59. The minimum Gasteiger partial charge on any atom is -0.379 e. The van der Waals surface area contributed by atoms with Crippen LogP contribution in [0.25, 0.3) is 0 Å². The number of aryl methyl sites for hydroxylation is 1. The molecule has 2 aromatic heterocycles. The first kappa shape index (κ1) is 17.3. The molecular formula is C17H23N5O3. The topological polar surface area (TPSA) is 93.1 Å². The number of ether oxygens (including phenoxy) is 1. The molecule has 134 valence electrons. The molecular weight excluding hydrogens is 322 g/mol. The molecule has 1 fully saturated rings. The molecule has 0 aliphatic carbocycles. The van der Waals surface area contributed by atoms with Crippen LogP contribution in [-0.2, 0) is 11.8 Å². The average Bonchev–Trinajstić information content (AvgIpc) is 3.19. The van der Waals surface area contributed by atoms with E-state index in [4.69, 9.17) is 4.74 Å². The van der Waals surface area contributed by atoms with Crippen LogP contribution in [0.2, 0.25) is 0 Å². The number of aromatic amines is 1. The molecule has 1 aliphatic rings. The Morgan fingerprint density at radius 1 is 1.36 bits per heavy atom. The number of carbonyl (C=O) groups is 1. The van der Waals surface area contributed by atoms with Gasteiger partial charge in [-0.1, -0.05) is 19.1 Å². The first-order valence-electron chi connectivity index (χ1n) is 8.31. The van der Waals surface area contributed by atoms with Crippen molar-refractivity contribution in [1.29, 1.82) is 0 Å². The van der Waals surface area contributed by atoms with Crippen molar-refractivity contribution in [2.75, 3.05) is 20.2 Å². The fourth-order valence-corrected chi connectivity index (χ4v) is 3.18. The Labute approximate surface area is 145 Å². The summed E-state index contributed by atoms with van der Waals surface area (Å²) in [6.07, 6.45) is 1.70. The highest BCUT2D eigenvalue weighted by molar-refractivity contribution is 5.94. The number of amides is 1. The van der Waals surface area contributed by atoms with Crippen LogP contribution in [0.4, 0.5) is 0 Å². The summed E-state index contributed by atoms with van der Waals surface area (Å²) in [5.74, 6) is -0.0613. The van der Waals surface area contributed by atoms with Gasteiger partial charge in [-0.2, -0.15) is 0 Å². The fourth-order valence-electron chi connectivity index (χ4n) is 3.18. The lowest BCUT2D eigenvalue weighted by Crippen LogP contribution is -2.31. The van der Waals surface area contributed by atoms with E-state index in [2.05, 4.69) is 15.3 Å². The number of nitrogens with zero attached hydrogens (tertiary/aromatic N) is 4. The fraction of sp³-hybridized carbons (Fsp3) is 0.529. The lowest BCUT2D eigenvalue weighted by atomic mass is 10.0. The standard InChI is InChI=1S/C17H23N5O3/c1-10(2)13-5-11(6-16(23)18-13)17(24)22-7-12(15(9-22)25-4)14-8-21(3)20-19-14/h5-6,8,10,12,15H,7,9H2,1-4H3,(H,18,23)/t12-,15+/m0/s1. The second-order valence-corrected chi connectivity index (χ2v) is 6.75. The van der Waals surface area contributed by atoms with Crippen LogP contribution in [0, 0.1) is 0 Å². The third kappa shape index (κ3) is 3.48. The Bertz CT molecular complexity index is 826. The summed E-state index contributed by atoms with van der Waals surface area (Å²) in [7, 11) is 3.44. The molecule has 1 N–H and O–H groups in total. The van der Waals surface area contributed by atoms with Gasteiger partial charge in [0, 0.05) is 50.8 Å². The molecule has 0 bridgehead atoms. The van der Waals surface area contributed by atoms with E-state index < -0.39 is 0 Å². The second-order valence-electron chi connectivity index (χ2n) is 6.75. The molecule has 0 unspecified atom stereocenters. The number of hydrogen-bond donors (Lipinski definition) is 1. The molecule has 3 rings (SSSR count). The number of rotatable bonds is 4. The van der Waals surface area contributed by atoms with Crippen molar-refractivity contribution in [3.63, 3.8) is 0 Å². The Morgan fingerprint density at radius 3 is 2.72 bits per heavy atom. The number of likely N-dealkylation sites (tertiary alicyclic amines) is 1. The monoisotopic (exact) mass is 345 g/mol. The highest BCUT2D eigenvalue weighted by Crippen LogP contribution is 2.29. The van der Waals surface area contributed by atoms with Crippen molar-refractivity contribution < 1.29 is 9.53 Å². The van der Waals surface area contributed by atoms with Crippen LogP contribution in [-0.4, -0.2) is 57.1 Å². The molecule has 1 aliphatic heterocycles. The molecule has 0 saturated carbocycles. The van der Waals surface area contributed by atoms with Crippen molar-refractivity contribution >= 4 is 5.91 Å². The zero-order chi connectivity index (χ0) is 18.1. The molecule has 0 aromatic carbocycles. The van der Waals surface area contributed by atoms with Crippen LogP contribution >= 0.6 is 0 Å². The molecule has 0 spiro atoms. The second kappa shape index (κ2) is 6.79. The molecule has 8 heteroatoms. The Balaban J connectivity index is 1.85. The van der Waals surface area contributed by atoms with Gasteiger partial charge in [-0.05, 0) is 12.0 Å². The lowest BCUT2D eigenvalue weighted by molar-refractivity contribution is 0.0714. The van der Waals surface area contributed by atoms with E-state index in [-0.39, 0.29) is 29.4 Å². The largest absolute Gasteiger partial charge is 0.379 e. The Hall–Kier alpha value is -2.48. The van der Waals surface area contributed by atoms with Crippen molar-refractivity contribution in [2.45, 2.75) is 31.8 Å². The third-order valence-corrected chi connectivity index (χ3v) is 4.59. The summed E-state index contributed by atoms with van der Waals surface area (Å²) in [4.78, 5) is 29.3. The van der Waals surface area contributed by atoms with Crippen LogP contribution in [0.1, 0.15) is 47.4 Å². The van der Waals surface area contributed by atoms with E-state index in [1.54, 1.807) is 29.8 Å². The Morgan fingerprint density at radius 2 is 2.12 bits per heavy atom.